The molecule has 0 aliphatic carbocycles. The summed E-state index contributed by atoms with van der Waals surface area (Å²) in [7, 11) is -1.40. The third-order valence-corrected chi connectivity index (χ3v) is 5.90. The normalized spacial score (nSPS) is 16.2. The summed E-state index contributed by atoms with van der Waals surface area (Å²) in [5.41, 5.74) is 5.74. The minimum Gasteiger partial charge on any atom is -0.391 e. The maximum absolute atomic E-state index is 11.8. The fraction of sp³-hybridized carbons (Fsp3) is 0.700. The van der Waals surface area contributed by atoms with Gasteiger partial charge in [0.25, 0.3) is 0 Å². The number of allylic oxidation sites excluding steroid dienone is 2. The standard InChI is InChI=1S/C8H16N2O3S.C7H10F3N.C5H11N/c1-2-10-14(12)8(7(9)11)3-5-13-6-4-8;1-6(5-11)3-2-4-7(8,9)10;1-3-5-6-4-2/h10H,2-6H2,1H3,(H2,9,11);5,11H,1-4H2;3,5-6H,4H2,1-2H3/b;;5-3+. The van der Waals surface area contributed by atoms with Gasteiger partial charge in [-0.2, -0.15) is 13.2 Å². The Labute approximate surface area is 186 Å². The second-order valence-corrected chi connectivity index (χ2v) is 8.17. The topological polar surface area (TPSA) is 117 Å². The summed E-state index contributed by atoms with van der Waals surface area (Å²) in [5, 5.41) is 9.65. The molecule has 1 fully saturated rings. The number of carbonyl (C=O) groups excluding carboxylic acids is 1. The number of carbonyl (C=O) groups is 1. The van der Waals surface area contributed by atoms with E-state index in [1.165, 1.54) is 0 Å². The Kier molecular flexibility index (Phi) is 18.2. The van der Waals surface area contributed by atoms with Crippen LogP contribution in [0.4, 0.5) is 13.2 Å². The van der Waals surface area contributed by atoms with Gasteiger partial charge in [-0.25, -0.2) is 8.93 Å². The molecule has 1 rings (SSSR count). The number of halogens is 3. The molecule has 1 saturated heterocycles. The largest absolute Gasteiger partial charge is 0.391 e. The third kappa shape index (κ3) is 15.7. The van der Waals surface area contributed by atoms with E-state index in [0.717, 1.165) is 12.8 Å². The van der Waals surface area contributed by atoms with Gasteiger partial charge in [-0.05, 0) is 51.3 Å². The fourth-order valence-electron chi connectivity index (χ4n) is 2.32. The molecule has 0 bridgehead atoms. The van der Waals surface area contributed by atoms with Crippen molar-refractivity contribution in [1.82, 2.24) is 10.0 Å². The second kappa shape index (κ2) is 17.9. The number of amides is 1. The Morgan fingerprint density at radius 3 is 2.23 bits per heavy atom. The summed E-state index contributed by atoms with van der Waals surface area (Å²) >= 11 is 0. The van der Waals surface area contributed by atoms with Crippen LogP contribution in [-0.2, 0) is 20.5 Å². The Bertz CT molecular complexity index is 579. The molecule has 7 nitrogen and oxygen atoms in total. The lowest BCUT2D eigenvalue weighted by Gasteiger charge is -2.32. The molecule has 0 aromatic heterocycles. The maximum atomic E-state index is 11.8. The van der Waals surface area contributed by atoms with Crippen molar-refractivity contribution >= 4 is 23.1 Å². The molecule has 1 aliphatic heterocycles. The Morgan fingerprint density at radius 1 is 1.29 bits per heavy atom. The Morgan fingerprint density at radius 2 is 1.87 bits per heavy atom. The first-order valence-corrected chi connectivity index (χ1v) is 11.3. The highest BCUT2D eigenvalue weighted by atomic mass is 32.2. The van der Waals surface area contributed by atoms with Crippen LogP contribution in [0.2, 0.25) is 0 Å². The fourth-order valence-corrected chi connectivity index (χ4v) is 3.58. The molecule has 1 unspecified atom stereocenters. The van der Waals surface area contributed by atoms with E-state index in [2.05, 4.69) is 23.5 Å². The first kappa shape index (κ1) is 31.5. The molecule has 0 radical (unpaired) electrons. The molecule has 5 N–H and O–H groups in total. The van der Waals surface area contributed by atoms with Gasteiger partial charge >= 0.3 is 6.18 Å². The van der Waals surface area contributed by atoms with E-state index < -0.39 is 34.2 Å². The highest BCUT2D eigenvalue weighted by molar-refractivity contribution is 7.85. The maximum Gasteiger partial charge on any atom is 0.389 e. The van der Waals surface area contributed by atoms with Gasteiger partial charge in [0, 0.05) is 38.9 Å². The number of rotatable bonds is 10. The number of ether oxygens (including phenoxy) is 1. The van der Waals surface area contributed by atoms with Crippen LogP contribution in [0.15, 0.2) is 24.4 Å². The first-order chi connectivity index (χ1) is 14.5. The van der Waals surface area contributed by atoms with E-state index in [9.17, 15) is 22.2 Å². The summed E-state index contributed by atoms with van der Waals surface area (Å²) in [5.74, 6) is -0.500. The SMILES string of the molecule is C/C=C/NCC.C=C(C=N)CCCC(F)(F)F.CCNS(=O)C1(C(N)=O)CCOCC1. The van der Waals surface area contributed by atoms with Crippen molar-refractivity contribution in [3.8, 4) is 0 Å². The van der Waals surface area contributed by atoms with Gasteiger partial charge < -0.3 is 21.2 Å². The molecule has 1 aliphatic rings. The molecule has 182 valence electrons. The molecule has 11 heteroatoms. The lowest BCUT2D eigenvalue weighted by molar-refractivity contribution is -0.135. The van der Waals surface area contributed by atoms with Gasteiger partial charge in [0.2, 0.25) is 5.91 Å². The summed E-state index contributed by atoms with van der Waals surface area (Å²) in [6.45, 7) is 11.7. The van der Waals surface area contributed by atoms with Crippen molar-refractivity contribution in [1.29, 1.82) is 5.41 Å². The number of hydrogen-bond donors (Lipinski definition) is 4. The van der Waals surface area contributed by atoms with E-state index in [1.807, 2.05) is 26.1 Å². The lowest BCUT2D eigenvalue weighted by Crippen LogP contribution is -2.54. The van der Waals surface area contributed by atoms with Crippen molar-refractivity contribution in [2.24, 2.45) is 5.73 Å². The number of primary amides is 1. The Hall–Kier alpha value is -1.72. The summed E-state index contributed by atoms with van der Waals surface area (Å²) in [4.78, 5) is 11.3. The monoisotopic (exact) mass is 470 g/mol. The minimum atomic E-state index is -4.08. The number of nitrogens with one attached hydrogen (secondary N) is 3. The van der Waals surface area contributed by atoms with Gasteiger partial charge in [-0.15, -0.1) is 0 Å². The van der Waals surface area contributed by atoms with Crippen molar-refractivity contribution in [2.45, 2.75) is 63.8 Å². The van der Waals surface area contributed by atoms with E-state index in [4.69, 9.17) is 15.9 Å². The van der Waals surface area contributed by atoms with Crippen molar-refractivity contribution in [2.75, 3.05) is 26.3 Å². The highest BCUT2D eigenvalue weighted by Crippen LogP contribution is 2.26. The molecule has 0 saturated carbocycles. The molecule has 0 spiro atoms. The summed E-state index contributed by atoms with van der Waals surface area (Å²) in [6.07, 6.45) is 1.16. The molecule has 0 aromatic carbocycles. The molecular weight excluding hydrogens is 433 g/mol. The van der Waals surface area contributed by atoms with Gasteiger partial charge in [0.15, 0.2) is 0 Å². The van der Waals surface area contributed by atoms with E-state index in [0.29, 0.717) is 38.2 Å². The number of nitrogens with two attached hydrogens (primary N) is 1. The van der Waals surface area contributed by atoms with Crippen molar-refractivity contribution in [3.63, 3.8) is 0 Å². The van der Waals surface area contributed by atoms with E-state index >= 15 is 0 Å². The summed E-state index contributed by atoms with van der Waals surface area (Å²) in [6, 6.07) is 0. The number of hydrogen-bond acceptors (Lipinski definition) is 5. The van der Waals surface area contributed by atoms with Gasteiger partial charge in [0.05, 0.1) is 0 Å². The minimum absolute atomic E-state index is 0.0255. The van der Waals surface area contributed by atoms with Crippen LogP contribution < -0.4 is 15.8 Å². The van der Waals surface area contributed by atoms with Crippen LogP contribution >= 0.6 is 0 Å². The average Bonchev–Trinajstić information content (AvgIpc) is 2.72. The van der Waals surface area contributed by atoms with Crippen LogP contribution in [-0.4, -0.2) is 53.6 Å². The second-order valence-electron chi connectivity index (χ2n) is 6.57. The Balaban J connectivity index is 0. The molecule has 1 amide bonds. The van der Waals surface area contributed by atoms with Gasteiger partial charge in [-0.3, -0.25) is 4.79 Å². The van der Waals surface area contributed by atoms with E-state index in [1.54, 1.807) is 0 Å². The quantitative estimate of drug-likeness (QED) is 0.366. The first-order valence-electron chi connectivity index (χ1n) is 10.1. The molecule has 31 heavy (non-hydrogen) atoms. The predicted molar refractivity (Wildman–Crippen MR) is 120 cm³/mol. The molecule has 1 heterocycles. The molecular formula is C20H37F3N4O3S. The van der Waals surface area contributed by atoms with Gasteiger partial charge in [0.1, 0.15) is 15.7 Å². The lowest BCUT2D eigenvalue weighted by atomic mass is 9.98. The highest BCUT2D eigenvalue weighted by Gasteiger charge is 2.44. The molecule has 1 atom stereocenters. The van der Waals surface area contributed by atoms with Crippen LogP contribution in [0.3, 0.4) is 0 Å². The number of alkyl halides is 3. The van der Waals surface area contributed by atoms with Crippen LogP contribution in [0.25, 0.3) is 0 Å². The van der Waals surface area contributed by atoms with Crippen molar-refractivity contribution in [3.05, 3.63) is 24.4 Å². The zero-order valence-electron chi connectivity index (χ0n) is 18.6. The van der Waals surface area contributed by atoms with Crippen molar-refractivity contribution < 1.29 is 26.9 Å². The third-order valence-electron chi connectivity index (χ3n) is 4.03. The molecule has 0 aromatic rings. The van der Waals surface area contributed by atoms with Crippen LogP contribution in [0, 0.1) is 5.41 Å². The summed E-state index contributed by atoms with van der Waals surface area (Å²) < 4.78 is 53.3. The average molecular weight is 471 g/mol. The van der Waals surface area contributed by atoms with Crippen LogP contribution in [0.5, 0.6) is 0 Å². The van der Waals surface area contributed by atoms with E-state index in [-0.39, 0.29) is 12.8 Å². The smallest absolute Gasteiger partial charge is 0.389 e. The predicted octanol–water partition coefficient (Wildman–Crippen LogP) is 3.35. The van der Waals surface area contributed by atoms with Gasteiger partial charge in [-0.1, -0.05) is 19.6 Å². The zero-order chi connectivity index (χ0) is 24.3. The zero-order valence-corrected chi connectivity index (χ0v) is 19.5. The van der Waals surface area contributed by atoms with Crippen LogP contribution in [0.1, 0.15) is 52.9 Å².